The highest BCUT2D eigenvalue weighted by molar-refractivity contribution is 6.21. The molecular weight excluding hydrogens is 198 g/mol. The number of fused-ring (bicyclic) bond motifs is 1. The number of carboxylic acids is 1. The Bertz CT molecular complexity index is 468. The van der Waals surface area contributed by atoms with Crippen molar-refractivity contribution in [1.82, 2.24) is 0 Å². The average molecular weight is 205 g/mol. The van der Waals surface area contributed by atoms with E-state index in [0.717, 1.165) is 0 Å². The number of dihydropyridines is 1. The van der Waals surface area contributed by atoms with Gasteiger partial charge in [-0.3, -0.25) is 9.59 Å². The normalized spacial score (nSPS) is 23.9. The topological polar surface area (TPSA) is 87.0 Å². The van der Waals surface area contributed by atoms with Crippen LogP contribution < -0.4 is 0 Å². The van der Waals surface area contributed by atoms with Crippen molar-refractivity contribution in [2.75, 3.05) is 0 Å². The second-order valence-corrected chi connectivity index (χ2v) is 3.15. The van der Waals surface area contributed by atoms with E-state index in [9.17, 15) is 9.59 Å². The first kappa shape index (κ1) is 9.39. The number of aliphatic imine (C=N–C) groups is 1. The zero-order valence-electron chi connectivity index (χ0n) is 7.54. The van der Waals surface area contributed by atoms with E-state index in [1.165, 1.54) is 12.2 Å². The third kappa shape index (κ3) is 1.48. The standard InChI is InChI=1S/C10H7NO4/c12-7-4-5-2-1-3-6(10(14)15)8(5)11-9(7)13/h1-4,6,12H,(H,14,15). The van der Waals surface area contributed by atoms with E-state index in [2.05, 4.69) is 4.99 Å². The minimum absolute atomic E-state index is 0.174. The third-order valence-corrected chi connectivity index (χ3v) is 2.17. The van der Waals surface area contributed by atoms with Crippen LogP contribution >= 0.6 is 0 Å². The van der Waals surface area contributed by atoms with Gasteiger partial charge in [0, 0.05) is 5.57 Å². The Morgan fingerprint density at radius 2 is 2.20 bits per heavy atom. The number of aliphatic hydroxyl groups excluding tert-OH is 1. The molecule has 2 rings (SSSR count). The lowest BCUT2D eigenvalue weighted by Gasteiger charge is -2.18. The lowest BCUT2D eigenvalue weighted by atomic mass is 9.90. The van der Waals surface area contributed by atoms with Gasteiger partial charge in [-0.05, 0) is 6.08 Å². The molecule has 1 aliphatic heterocycles. The Kier molecular flexibility index (Phi) is 2.00. The van der Waals surface area contributed by atoms with Crippen LogP contribution in [0.5, 0.6) is 0 Å². The monoisotopic (exact) mass is 205 g/mol. The summed E-state index contributed by atoms with van der Waals surface area (Å²) in [6.07, 6.45) is 5.83. The van der Waals surface area contributed by atoms with Crippen molar-refractivity contribution in [2.24, 2.45) is 10.9 Å². The number of nitrogens with zero attached hydrogens (tertiary/aromatic N) is 1. The van der Waals surface area contributed by atoms with Crippen molar-refractivity contribution in [2.45, 2.75) is 0 Å². The minimum atomic E-state index is -1.07. The second-order valence-electron chi connectivity index (χ2n) is 3.15. The van der Waals surface area contributed by atoms with Crippen LogP contribution in [0.2, 0.25) is 0 Å². The van der Waals surface area contributed by atoms with Crippen molar-refractivity contribution in [3.8, 4) is 0 Å². The van der Waals surface area contributed by atoms with Gasteiger partial charge in [0.2, 0.25) is 0 Å². The molecule has 1 aliphatic carbocycles. The number of aliphatic hydroxyl groups is 1. The zero-order valence-corrected chi connectivity index (χ0v) is 7.54. The predicted octanol–water partition coefficient (Wildman–Crippen LogP) is 0.607. The fourth-order valence-corrected chi connectivity index (χ4v) is 1.46. The molecule has 1 atom stereocenters. The van der Waals surface area contributed by atoms with Crippen molar-refractivity contribution in [3.63, 3.8) is 0 Å². The molecule has 1 amide bonds. The number of rotatable bonds is 1. The van der Waals surface area contributed by atoms with Crippen LogP contribution in [0.1, 0.15) is 0 Å². The summed E-state index contributed by atoms with van der Waals surface area (Å²) in [5, 5.41) is 18.0. The minimum Gasteiger partial charge on any atom is -0.503 e. The number of carbonyl (C=O) groups excluding carboxylic acids is 1. The number of hydrogen-bond donors (Lipinski definition) is 2. The molecule has 5 heteroatoms. The SMILES string of the molecule is O=C1N=C2C(=CC=CC2C(=O)O)C=C1O. The van der Waals surface area contributed by atoms with E-state index < -0.39 is 23.6 Å². The smallest absolute Gasteiger partial charge is 0.316 e. The summed E-state index contributed by atoms with van der Waals surface area (Å²) in [4.78, 5) is 25.5. The Balaban J connectivity index is 2.47. The number of amides is 1. The van der Waals surface area contributed by atoms with Crippen molar-refractivity contribution >= 4 is 17.6 Å². The number of carbonyl (C=O) groups is 2. The molecule has 2 aliphatic rings. The summed E-state index contributed by atoms with van der Waals surface area (Å²) < 4.78 is 0. The molecule has 0 saturated carbocycles. The Morgan fingerprint density at radius 3 is 2.87 bits per heavy atom. The zero-order chi connectivity index (χ0) is 11.0. The van der Waals surface area contributed by atoms with Crippen molar-refractivity contribution < 1.29 is 19.8 Å². The fourth-order valence-electron chi connectivity index (χ4n) is 1.46. The van der Waals surface area contributed by atoms with Crippen LogP contribution in [0.3, 0.4) is 0 Å². The summed E-state index contributed by atoms with van der Waals surface area (Å²) in [7, 11) is 0. The van der Waals surface area contributed by atoms with Gasteiger partial charge in [-0.2, -0.15) is 0 Å². The maximum atomic E-state index is 11.1. The molecule has 0 aromatic heterocycles. The van der Waals surface area contributed by atoms with Gasteiger partial charge in [0.25, 0.3) is 0 Å². The van der Waals surface area contributed by atoms with Crippen molar-refractivity contribution in [3.05, 3.63) is 35.6 Å². The lowest BCUT2D eigenvalue weighted by Crippen LogP contribution is -2.28. The van der Waals surface area contributed by atoms with Gasteiger partial charge in [-0.1, -0.05) is 18.2 Å². The van der Waals surface area contributed by atoms with E-state index >= 15 is 0 Å². The first-order valence-corrected chi connectivity index (χ1v) is 4.25. The highest BCUT2D eigenvalue weighted by Gasteiger charge is 2.29. The predicted molar refractivity (Wildman–Crippen MR) is 51.5 cm³/mol. The molecule has 2 N–H and O–H groups in total. The van der Waals surface area contributed by atoms with Gasteiger partial charge in [0.1, 0.15) is 5.92 Å². The quantitative estimate of drug-likeness (QED) is 0.656. The van der Waals surface area contributed by atoms with E-state index in [1.54, 1.807) is 12.2 Å². The number of allylic oxidation sites excluding steroid dienone is 4. The van der Waals surface area contributed by atoms with Gasteiger partial charge in [-0.15, -0.1) is 0 Å². The molecule has 0 saturated heterocycles. The van der Waals surface area contributed by atoms with Crippen LogP contribution in [0.4, 0.5) is 0 Å². The molecule has 0 radical (unpaired) electrons. The van der Waals surface area contributed by atoms with E-state index in [4.69, 9.17) is 10.2 Å². The van der Waals surface area contributed by atoms with E-state index in [-0.39, 0.29) is 5.71 Å². The molecule has 0 bridgehead atoms. The highest BCUT2D eigenvalue weighted by Crippen LogP contribution is 2.22. The summed E-state index contributed by atoms with van der Waals surface area (Å²) >= 11 is 0. The van der Waals surface area contributed by atoms with Crippen LogP contribution in [0, 0.1) is 5.92 Å². The molecular formula is C10H7NO4. The summed E-state index contributed by atoms with van der Waals surface area (Å²) in [6.45, 7) is 0. The Labute approximate surface area is 84.8 Å². The first-order valence-electron chi connectivity index (χ1n) is 4.25. The average Bonchev–Trinajstić information content (AvgIpc) is 2.18. The molecule has 1 heterocycles. The molecule has 0 aromatic carbocycles. The number of hydrogen-bond acceptors (Lipinski definition) is 3. The van der Waals surface area contributed by atoms with E-state index in [1.807, 2.05) is 0 Å². The fraction of sp³-hybridized carbons (Fsp3) is 0.100. The van der Waals surface area contributed by atoms with Crippen molar-refractivity contribution in [1.29, 1.82) is 0 Å². The maximum Gasteiger partial charge on any atom is 0.316 e. The third-order valence-electron chi connectivity index (χ3n) is 2.17. The largest absolute Gasteiger partial charge is 0.503 e. The molecule has 5 nitrogen and oxygen atoms in total. The molecule has 0 fully saturated rings. The van der Waals surface area contributed by atoms with Crippen LogP contribution in [0.15, 0.2) is 40.6 Å². The van der Waals surface area contributed by atoms with Gasteiger partial charge < -0.3 is 10.2 Å². The Morgan fingerprint density at radius 1 is 1.47 bits per heavy atom. The van der Waals surface area contributed by atoms with Crippen LogP contribution in [-0.4, -0.2) is 27.8 Å². The Hall–Kier alpha value is -2.17. The molecule has 76 valence electrons. The molecule has 0 aromatic rings. The number of aliphatic carboxylic acids is 1. The summed E-state index contributed by atoms with van der Waals surface area (Å²) in [5.41, 5.74) is 0.634. The van der Waals surface area contributed by atoms with Gasteiger partial charge in [-0.25, -0.2) is 4.99 Å². The maximum absolute atomic E-state index is 11.1. The second kappa shape index (κ2) is 3.20. The number of carboxylic acid groups (broad SMARTS) is 1. The van der Waals surface area contributed by atoms with Gasteiger partial charge in [0.05, 0.1) is 5.71 Å². The summed E-state index contributed by atoms with van der Waals surface area (Å²) in [6, 6.07) is 0. The van der Waals surface area contributed by atoms with Gasteiger partial charge in [0.15, 0.2) is 5.76 Å². The van der Waals surface area contributed by atoms with Gasteiger partial charge >= 0.3 is 11.9 Å². The highest BCUT2D eigenvalue weighted by atomic mass is 16.4. The first-order chi connectivity index (χ1) is 7.09. The van der Waals surface area contributed by atoms with E-state index in [0.29, 0.717) is 5.57 Å². The lowest BCUT2D eigenvalue weighted by molar-refractivity contribution is -0.138. The van der Waals surface area contributed by atoms with Crippen LogP contribution in [-0.2, 0) is 9.59 Å². The van der Waals surface area contributed by atoms with Crippen LogP contribution in [0.25, 0.3) is 0 Å². The molecule has 1 unspecified atom stereocenters. The molecule has 15 heavy (non-hydrogen) atoms. The summed E-state index contributed by atoms with van der Waals surface area (Å²) in [5.74, 6) is -3.26. The molecule has 0 spiro atoms.